The molecule has 0 amide bonds. The van der Waals surface area contributed by atoms with Crippen LogP contribution in [0.25, 0.3) is 16.5 Å². The number of H-pyrrole nitrogens is 1. The number of aliphatic hydroxyl groups excluding tert-OH is 1. The van der Waals surface area contributed by atoms with Crippen LogP contribution in [0, 0.1) is 22.7 Å². The summed E-state index contributed by atoms with van der Waals surface area (Å²) in [6, 6.07) is 6.57. The highest BCUT2D eigenvalue weighted by atomic mass is 16.3. The molecule has 1 saturated carbocycles. The van der Waals surface area contributed by atoms with Crippen LogP contribution >= 0.6 is 0 Å². The Morgan fingerprint density at radius 3 is 2.66 bits per heavy atom. The van der Waals surface area contributed by atoms with E-state index in [4.69, 9.17) is 0 Å². The first-order valence-corrected chi connectivity index (χ1v) is 13.2. The average molecular weight is 476 g/mol. The molecule has 1 fully saturated rings. The second kappa shape index (κ2) is 8.72. The number of allylic oxidation sites excluding steroid dienone is 3. The fraction of sp³-hybridized carbons (Fsp3) is 0.567. The summed E-state index contributed by atoms with van der Waals surface area (Å²) in [4.78, 5) is 0. The first kappa shape index (κ1) is 24.5. The molecule has 5 nitrogen and oxygen atoms in total. The molecule has 4 unspecified atom stereocenters. The Morgan fingerprint density at radius 1 is 1.11 bits per heavy atom. The zero-order valence-electron chi connectivity index (χ0n) is 21.9. The summed E-state index contributed by atoms with van der Waals surface area (Å²) in [6.45, 7) is 7.03. The molecule has 188 valence electrons. The standard InChI is InChI=1S/C28H34N2O2.C2H7N/c1-26(2)15-21-12-20-13-22(31)7-6-17(20)10-11-28(21,32)25-9-8-23(27(25,26)3)18-4-5-19-16-29-30-24(19)14-18;1-3-2/h4-5,8,12,14-17,22,25,31-32H,6-7,9-11,13H2,1-3H3,(H,29,30);3H,1-2H3/t17?,22?,25?,27?,28-;/m1./s1. The van der Waals surface area contributed by atoms with Gasteiger partial charge in [-0.15, -0.1) is 0 Å². The molecule has 0 aliphatic heterocycles. The van der Waals surface area contributed by atoms with Crippen LogP contribution < -0.4 is 5.32 Å². The molecule has 1 aromatic carbocycles. The van der Waals surface area contributed by atoms with Gasteiger partial charge in [0.05, 0.1) is 23.4 Å². The van der Waals surface area contributed by atoms with Gasteiger partial charge in [-0.1, -0.05) is 56.7 Å². The van der Waals surface area contributed by atoms with Crippen molar-refractivity contribution < 1.29 is 10.2 Å². The van der Waals surface area contributed by atoms with E-state index >= 15 is 0 Å². The quantitative estimate of drug-likeness (QED) is 0.446. The molecular formula is C30H41N3O2. The van der Waals surface area contributed by atoms with Crippen molar-refractivity contribution in [3.8, 4) is 0 Å². The van der Waals surface area contributed by atoms with Gasteiger partial charge in [-0.25, -0.2) is 0 Å². The summed E-state index contributed by atoms with van der Waals surface area (Å²) in [6.07, 6.45) is 14.0. The lowest BCUT2D eigenvalue weighted by atomic mass is 9.49. The van der Waals surface area contributed by atoms with Crippen LogP contribution in [0.2, 0.25) is 0 Å². The minimum atomic E-state index is -0.824. The lowest BCUT2D eigenvalue weighted by Gasteiger charge is -2.56. The monoisotopic (exact) mass is 475 g/mol. The van der Waals surface area contributed by atoms with E-state index in [-0.39, 0.29) is 22.9 Å². The number of nitrogens with zero attached hydrogens (tertiary/aromatic N) is 1. The third-order valence-electron chi connectivity index (χ3n) is 9.56. The van der Waals surface area contributed by atoms with Crippen molar-refractivity contribution in [3.05, 3.63) is 59.3 Å². The second-order valence-corrected chi connectivity index (χ2v) is 11.9. The van der Waals surface area contributed by atoms with E-state index in [1.165, 1.54) is 16.7 Å². The van der Waals surface area contributed by atoms with Crippen molar-refractivity contribution in [1.82, 2.24) is 15.5 Å². The van der Waals surface area contributed by atoms with Crippen molar-refractivity contribution in [2.75, 3.05) is 14.1 Å². The van der Waals surface area contributed by atoms with Crippen LogP contribution in [0.5, 0.6) is 0 Å². The predicted molar refractivity (Wildman–Crippen MR) is 143 cm³/mol. The third-order valence-corrected chi connectivity index (χ3v) is 9.56. The Labute approximate surface area is 209 Å². The highest BCUT2D eigenvalue weighted by molar-refractivity contribution is 5.85. The number of hydrogen-bond acceptors (Lipinski definition) is 4. The van der Waals surface area contributed by atoms with Crippen LogP contribution in [0.4, 0.5) is 0 Å². The minimum absolute atomic E-state index is 0.116. The van der Waals surface area contributed by atoms with E-state index in [2.05, 4.69) is 72.7 Å². The van der Waals surface area contributed by atoms with Crippen molar-refractivity contribution in [2.45, 2.75) is 71.0 Å². The number of nitrogens with one attached hydrogen (secondary N) is 2. The predicted octanol–water partition coefficient (Wildman–Crippen LogP) is 5.39. The molecule has 4 aliphatic carbocycles. The molecular weight excluding hydrogens is 434 g/mol. The van der Waals surface area contributed by atoms with Gasteiger partial charge in [-0.3, -0.25) is 5.10 Å². The number of aromatic nitrogens is 2. The van der Waals surface area contributed by atoms with Crippen molar-refractivity contribution in [1.29, 1.82) is 0 Å². The molecule has 0 radical (unpaired) electrons. The number of hydrogen-bond donors (Lipinski definition) is 4. The summed E-state index contributed by atoms with van der Waals surface area (Å²) in [7, 11) is 3.75. The lowest BCUT2D eigenvalue weighted by molar-refractivity contribution is -0.0651. The van der Waals surface area contributed by atoms with E-state index in [0.717, 1.165) is 55.0 Å². The smallest absolute Gasteiger partial charge is 0.0933 e. The molecule has 2 aromatic rings. The Morgan fingerprint density at radius 2 is 1.89 bits per heavy atom. The Balaban J connectivity index is 0.000000806. The van der Waals surface area contributed by atoms with Gasteiger partial charge in [-0.2, -0.15) is 5.10 Å². The van der Waals surface area contributed by atoms with Crippen LogP contribution in [-0.4, -0.2) is 46.2 Å². The van der Waals surface area contributed by atoms with E-state index < -0.39 is 5.60 Å². The maximum absolute atomic E-state index is 12.3. The lowest BCUT2D eigenvalue weighted by Crippen LogP contribution is -2.55. The number of aromatic amines is 1. The first-order chi connectivity index (χ1) is 16.6. The molecule has 0 saturated heterocycles. The maximum Gasteiger partial charge on any atom is 0.0933 e. The molecule has 5 atom stereocenters. The summed E-state index contributed by atoms with van der Waals surface area (Å²) in [5.41, 5.74) is 4.95. The van der Waals surface area contributed by atoms with Gasteiger partial charge in [0.15, 0.2) is 0 Å². The highest BCUT2D eigenvalue weighted by Crippen LogP contribution is 2.67. The average Bonchev–Trinajstić information content (AvgIpc) is 3.39. The molecule has 4 N–H and O–H groups in total. The fourth-order valence-electron chi connectivity index (χ4n) is 7.43. The first-order valence-electron chi connectivity index (χ1n) is 13.2. The second-order valence-electron chi connectivity index (χ2n) is 11.9. The van der Waals surface area contributed by atoms with Gasteiger partial charge in [0.2, 0.25) is 0 Å². The molecule has 35 heavy (non-hydrogen) atoms. The summed E-state index contributed by atoms with van der Waals surface area (Å²) in [5, 5.41) is 33.8. The van der Waals surface area contributed by atoms with Crippen LogP contribution in [0.15, 0.2) is 53.8 Å². The fourth-order valence-corrected chi connectivity index (χ4v) is 7.43. The van der Waals surface area contributed by atoms with Gasteiger partial charge in [0.1, 0.15) is 0 Å². The van der Waals surface area contributed by atoms with E-state index in [0.29, 0.717) is 5.92 Å². The van der Waals surface area contributed by atoms with E-state index in [1.807, 2.05) is 20.3 Å². The van der Waals surface area contributed by atoms with Gasteiger partial charge >= 0.3 is 0 Å². The van der Waals surface area contributed by atoms with Crippen molar-refractivity contribution in [2.24, 2.45) is 22.7 Å². The number of aliphatic hydroxyl groups is 2. The number of fused-ring (bicyclic) bond motifs is 5. The van der Waals surface area contributed by atoms with Crippen molar-refractivity contribution in [3.63, 3.8) is 0 Å². The van der Waals surface area contributed by atoms with Gasteiger partial charge in [-0.05, 0) is 86.7 Å². The van der Waals surface area contributed by atoms with Crippen LogP contribution in [0.1, 0.15) is 64.9 Å². The van der Waals surface area contributed by atoms with E-state index in [9.17, 15) is 10.2 Å². The molecule has 1 aromatic heterocycles. The maximum atomic E-state index is 12.3. The zero-order chi connectivity index (χ0) is 25.0. The Kier molecular flexibility index (Phi) is 6.10. The highest BCUT2D eigenvalue weighted by Gasteiger charge is 2.62. The molecule has 6 rings (SSSR count). The van der Waals surface area contributed by atoms with Gasteiger partial charge < -0.3 is 15.5 Å². The molecule has 0 spiro atoms. The number of benzene rings is 1. The number of rotatable bonds is 1. The van der Waals surface area contributed by atoms with Crippen LogP contribution in [-0.2, 0) is 0 Å². The Bertz CT molecular complexity index is 1210. The van der Waals surface area contributed by atoms with Gasteiger partial charge in [0.25, 0.3) is 0 Å². The third kappa shape index (κ3) is 3.75. The summed E-state index contributed by atoms with van der Waals surface area (Å²) >= 11 is 0. The SMILES string of the molecule is CC1(C)C=C2C=C3CC(O)CCC3CC[C@]2(O)C2CC=C(c3ccc4cn[nH]c4c3)C21C.CNC. The topological polar surface area (TPSA) is 81.2 Å². The van der Waals surface area contributed by atoms with E-state index in [1.54, 1.807) is 0 Å². The summed E-state index contributed by atoms with van der Waals surface area (Å²) in [5.74, 6) is 0.638. The Hall–Kier alpha value is -2.21. The minimum Gasteiger partial charge on any atom is -0.393 e. The van der Waals surface area contributed by atoms with Crippen LogP contribution in [0.3, 0.4) is 0 Å². The molecule has 0 bridgehead atoms. The van der Waals surface area contributed by atoms with Crippen molar-refractivity contribution >= 4 is 16.5 Å². The van der Waals surface area contributed by atoms with Gasteiger partial charge in [0, 0.05) is 16.7 Å². The largest absolute Gasteiger partial charge is 0.393 e. The summed E-state index contributed by atoms with van der Waals surface area (Å²) < 4.78 is 0. The molecule has 5 heteroatoms. The normalized spacial score (nSPS) is 35.4. The zero-order valence-corrected chi connectivity index (χ0v) is 21.9. The molecule has 1 heterocycles. The molecule has 4 aliphatic rings.